The summed E-state index contributed by atoms with van der Waals surface area (Å²) in [5.41, 5.74) is 0. The summed E-state index contributed by atoms with van der Waals surface area (Å²) < 4.78 is 0. The van der Waals surface area contributed by atoms with E-state index in [-0.39, 0.29) is 25.0 Å². The van der Waals surface area contributed by atoms with E-state index in [1.54, 1.807) is 0 Å². The first-order chi connectivity index (χ1) is 6.13. The highest BCUT2D eigenvalue weighted by Gasteiger charge is 2.27. The van der Waals surface area contributed by atoms with Crippen LogP contribution in [0.15, 0.2) is 0 Å². The second kappa shape index (κ2) is 4.58. The SMILES string of the molecule is CC1CC(CO)NCC1CC(=O)O. The van der Waals surface area contributed by atoms with Gasteiger partial charge in [-0.3, -0.25) is 4.79 Å². The van der Waals surface area contributed by atoms with Gasteiger partial charge in [0.05, 0.1) is 6.61 Å². The van der Waals surface area contributed by atoms with E-state index in [9.17, 15) is 4.79 Å². The minimum absolute atomic E-state index is 0.143. The van der Waals surface area contributed by atoms with E-state index in [4.69, 9.17) is 10.2 Å². The summed E-state index contributed by atoms with van der Waals surface area (Å²) in [6.45, 7) is 2.90. The third kappa shape index (κ3) is 2.97. The molecule has 1 heterocycles. The Labute approximate surface area is 78.0 Å². The van der Waals surface area contributed by atoms with Crippen LogP contribution in [0.4, 0.5) is 0 Å². The van der Waals surface area contributed by atoms with Crippen molar-refractivity contribution in [3.63, 3.8) is 0 Å². The van der Waals surface area contributed by atoms with E-state index in [1.807, 2.05) is 0 Å². The third-order valence-electron chi connectivity index (χ3n) is 2.79. The number of carboxylic acids is 1. The fourth-order valence-corrected chi connectivity index (χ4v) is 1.88. The highest BCUT2D eigenvalue weighted by molar-refractivity contribution is 5.67. The predicted octanol–water partition coefficient (Wildman–Crippen LogP) is 0.0676. The molecule has 13 heavy (non-hydrogen) atoms. The van der Waals surface area contributed by atoms with E-state index in [0.29, 0.717) is 12.5 Å². The average Bonchev–Trinajstić information content (AvgIpc) is 2.08. The number of hydrogen-bond donors (Lipinski definition) is 3. The largest absolute Gasteiger partial charge is 0.481 e. The first-order valence-corrected chi connectivity index (χ1v) is 4.69. The fourth-order valence-electron chi connectivity index (χ4n) is 1.88. The molecule has 0 radical (unpaired) electrons. The van der Waals surface area contributed by atoms with Gasteiger partial charge < -0.3 is 15.5 Å². The maximum Gasteiger partial charge on any atom is 0.303 e. The van der Waals surface area contributed by atoms with Gasteiger partial charge in [-0.15, -0.1) is 0 Å². The second-order valence-corrected chi connectivity index (χ2v) is 3.86. The Kier molecular flexibility index (Phi) is 3.69. The minimum Gasteiger partial charge on any atom is -0.481 e. The van der Waals surface area contributed by atoms with Crippen molar-refractivity contribution < 1.29 is 15.0 Å². The molecule has 4 nitrogen and oxygen atoms in total. The molecule has 0 bridgehead atoms. The first-order valence-electron chi connectivity index (χ1n) is 4.69. The summed E-state index contributed by atoms with van der Waals surface area (Å²) in [5.74, 6) is -0.143. The van der Waals surface area contributed by atoms with Crippen LogP contribution in [-0.2, 0) is 4.79 Å². The van der Waals surface area contributed by atoms with Crippen LogP contribution in [0.5, 0.6) is 0 Å². The van der Waals surface area contributed by atoms with Crippen molar-refractivity contribution in [2.45, 2.75) is 25.8 Å². The molecule has 0 spiro atoms. The molecule has 4 heteroatoms. The molecular formula is C9H17NO3. The Hall–Kier alpha value is -0.610. The lowest BCUT2D eigenvalue weighted by molar-refractivity contribution is -0.138. The molecule has 1 fully saturated rings. The molecule has 3 N–H and O–H groups in total. The number of rotatable bonds is 3. The van der Waals surface area contributed by atoms with Gasteiger partial charge in [-0.05, 0) is 24.8 Å². The van der Waals surface area contributed by atoms with Crippen LogP contribution >= 0.6 is 0 Å². The molecule has 0 aliphatic carbocycles. The number of piperidine rings is 1. The van der Waals surface area contributed by atoms with Gasteiger partial charge in [0.1, 0.15) is 0 Å². The Morgan fingerprint density at radius 3 is 2.77 bits per heavy atom. The lowest BCUT2D eigenvalue weighted by atomic mass is 9.83. The smallest absolute Gasteiger partial charge is 0.303 e. The van der Waals surface area contributed by atoms with Crippen molar-refractivity contribution in [2.24, 2.45) is 11.8 Å². The molecule has 1 aliphatic heterocycles. The quantitative estimate of drug-likeness (QED) is 0.584. The maximum absolute atomic E-state index is 10.5. The Bertz CT molecular complexity index is 184. The van der Waals surface area contributed by atoms with E-state index in [1.165, 1.54) is 0 Å². The highest BCUT2D eigenvalue weighted by Crippen LogP contribution is 2.24. The van der Waals surface area contributed by atoms with Gasteiger partial charge in [0.2, 0.25) is 0 Å². The Balaban J connectivity index is 2.39. The number of carbonyl (C=O) groups is 1. The highest BCUT2D eigenvalue weighted by atomic mass is 16.4. The summed E-state index contributed by atoms with van der Waals surface area (Å²) in [6, 6.07) is 0.153. The molecule has 1 saturated heterocycles. The number of aliphatic hydroxyl groups excluding tert-OH is 1. The molecule has 76 valence electrons. The molecule has 0 aromatic rings. The molecule has 0 amide bonds. The van der Waals surface area contributed by atoms with E-state index in [2.05, 4.69) is 12.2 Å². The first kappa shape index (κ1) is 10.5. The number of hydrogen-bond acceptors (Lipinski definition) is 3. The predicted molar refractivity (Wildman–Crippen MR) is 48.4 cm³/mol. The van der Waals surface area contributed by atoms with Crippen molar-refractivity contribution in [1.29, 1.82) is 0 Å². The number of aliphatic carboxylic acids is 1. The number of aliphatic hydroxyl groups is 1. The maximum atomic E-state index is 10.5. The summed E-state index contributed by atoms with van der Waals surface area (Å²) in [7, 11) is 0. The molecule has 1 aliphatic rings. The van der Waals surface area contributed by atoms with Crippen LogP contribution in [0.1, 0.15) is 19.8 Å². The molecule has 0 aromatic carbocycles. The molecule has 0 aromatic heterocycles. The van der Waals surface area contributed by atoms with Crippen LogP contribution in [0.3, 0.4) is 0 Å². The Morgan fingerprint density at radius 2 is 2.31 bits per heavy atom. The van der Waals surface area contributed by atoms with Crippen LogP contribution in [-0.4, -0.2) is 35.4 Å². The van der Waals surface area contributed by atoms with Crippen molar-refractivity contribution in [3.8, 4) is 0 Å². The standard InChI is InChI=1S/C9H17NO3/c1-6-2-8(5-11)10-4-7(6)3-9(12)13/h6-8,10-11H,2-5H2,1H3,(H,12,13). The van der Waals surface area contributed by atoms with Crippen molar-refractivity contribution in [2.75, 3.05) is 13.2 Å². The van der Waals surface area contributed by atoms with Crippen molar-refractivity contribution in [3.05, 3.63) is 0 Å². The van der Waals surface area contributed by atoms with Crippen LogP contribution in [0.2, 0.25) is 0 Å². The molecule has 1 rings (SSSR count). The van der Waals surface area contributed by atoms with E-state index >= 15 is 0 Å². The average molecular weight is 187 g/mol. The van der Waals surface area contributed by atoms with Gasteiger partial charge in [-0.25, -0.2) is 0 Å². The summed E-state index contributed by atoms with van der Waals surface area (Å²) in [5, 5.41) is 20.7. The third-order valence-corrected chi connectivity index (χ3v) is 2.79. The van der Waals surface area contributed by atoms with E-state index < -0.39 is 5.97 Å². The van der Waals surface area contributed by atoms with Crippen molar-refractivity contribution >= 4 is 5.97 Å². The van der Waals surface area contributed by atoms with Crippen molar-refractivity contribution in [1.82, 2.24) is 5.32 Å². The zero-order chi connectivity index (χ0) is 9.84. The lowest BCUT2D eigenvalue weighted by Crippen LogP contribution is -2.45. The minimum atomic E-state index is -0.735. The van der Waals surface area contributed by atoms with Gasteiger partial charge in [0.15, 0.2) is 0 Å². The van der Waals surface area contributed by atoms with Crippen LogP contribution in [0.25, 0.3) is 0 Å². The number of carboxylic acid groups (broad SMARTS) is 1. The summed E-state index contributed by atoms with van der Waals surface area (Å²) >= 11 is 0. The van der Waals surface area contributed by atoms with Gasteiger partial charge in [-0.2, -0.15) is 0 Å². The zero-order valence-electron chi connectivity index (χ0n) is 7.86. The topological polar surface area (TPSA) is 69.6 Å². The lowest BCUT2D eigenvalue weighted by Gasteiger charge is -2.33. The van der Waals surface area contributed by atoms with E-state index in [0.717, 1.165) is 6.42 Å². The normalized spacial score (nSPS) is 34.5. The Morgan fingerprint density at radius 1 is 1.62 bits per heavy atom. The summed E-state index contributed by atoms with van der Waals surface area (Å²) in [4.78, 5) is 10.5. The van der Waals surface area contributed by atoms with Gasteiger partial charge in [0, 0.05) is 12.5 Å². The monoisotopic (exact) mass is 187 g/mol. The fraction of sp³-hybridized carbons (Fsp3) is 0.889. The molecule has 3 unspecified atom stereocenters. The molecular weight excluding hydrogens is 170 g/mol. The van der Waals surface area contributed by atoms with Crippen LogP contribution < -0.4 is 5.32 Å². The number of nitrogens with one attached hydrogen (secondary N) is 1. The second-order valence-electron chi connectivity index (χ2n) is 3.86. The van der Waals surface area contributed by atoms with Crippen LogP contribution in [0, 0.1) is 11.8 Å². The van der Waals surface area contributed by atoms with Gasteiger partial charge in [0.25, 0.3) is 0 Å². The van der Waals surface area contributed by atoms with Gasteiger partial charge in [-0.1, -0.05) is 6.92 Å². The molecule has 3 atom stereocenters. The summed E-state index contributed by atoms with van der Waals surface area (Å²) in [6.07, 6.45) is 1.10. The zero-order valence-corrected chi connectivity index (χ0v) is 7.86. The molecule has 0 saturated carbocycles. The van der Waals surface area contributed by atoms with Gasteiger partial charge >= 0.3 is 5.97 Å².